The number of ether oxygens (including phenoxy) is 5. The first-order chi connectivity index (χ1) is 11.2. The number of benzene rings is 1. The summed E-state index contributed by atoms with van der Waals surface area (Å²) in [4.78, 5) is 0. The Morgan fingerprint density at radius 2 is 2.09 bits per heavy atom. The summed E-state index contributed by atoms with van der Waals surface area (Å²) in [5, 5.41) is 10.7. The van der Waals surface area contributed by atoms with E-state index in [2.05, 4.69) is 6.58 Å². The van der Waals surface area contributed by atoms with Crippen LogP contribution in [0.1, 0.15) is 11.9 Å². The van der Waals surface area contributed by atoms with Gasteiger partial charge in [0.05, 0.1) is 13.2 Å². The van der Waals surface area contributed by atoms with Crippen LogP contribution in [0, 0.1) is 0 Å². The Bertz CT molecular complexity index is 507. The van der Waals surface area contributed by atoms with Gasteiger partial charge < -0.3 is 28.8 Å². The van der Waals surface area contributed by atoms with Crippen LogP contribution in [-0.4, -0.2) is 56.1 Å². The van der Waals surface area contributed by atoms with Crippen LogP contribution in [0.4, 0.5) is 0 Å². The SMILES string of the molecule is C=CCO[C@@H]1[C@H](OC)O[C@H]2CO[C@@H](c3ccccc3)O[C@@H]2[C@@H]1O. The molecule has 126 valence electrons. The minimum absolute atomic E-state index is 0.293. The Hall–Kier alpha value is -1.28. The normalized spacial score (nSPS) is 37.1. The fourth-order valence-corrected chi connectivity index (χ4v) is 2.89. The van der Waals surface area contributed by atoms with Crippen molar-refractivity contribution in [2.24, 2.45) is 0 Å². The molecule has 0 saturated carbocycles. The third kappa shape index (κ3) is 3.47. The Labute approximate surface area is 135 Å². The highest BCUT2D eigenvalue weighted by atomic mass is 16.8. The summed E-state index contributed by atoms with van der Waals surface area (Å²) in [6.45, 7) is 4.22. The van der Waals surface area contributed by atoms with Crippen LogP contribution in [0.3, 0.4) is 0 Å². The topological polar surface area (TPSA) is 66.4 Å². The molecule has 0 bridgehead atoms. The lowest BCUT2D eigenvalue weighted by Gasteiger charge is -2.47. The smallest absolute Gasteiger partial charge is 0.186 e. The van der Waals surface area contributed by atoms with Crippen molar-refractivity contribution < 1.29 is 28.8 Å². The Morgan fingerprint density at radius 3 is 2.78 bits per heavy atom. The second-order valence-electron chi connectivity index (χ2n) is 5.53. The summed E-state index contributed by atoms with van der Waals surface area (Å²) in [6.07, 6.45) is -2.07. The zero-order valence-electron chi connectivity index (χ0n) is 13.0. The summed E-state index contributed by atoms with van der Waals surface area (Å²) in [6, 6.07) is 9.60. The fourth-order valence-electron chi connectivity index (χ4n) is 2.89. The Balaban J connectivity index is 1.73. The third-order valence-electron chi connectivity index (χ3n) is 4.02. The van der Waals surface area contributed by atoms with Crippen molar-refractivity contribution in [2.75, 3.05) is 20.3 Å². The molecule has 2 aliphatic rings. The van der Waals surface area contributed by atoms with E-state index in [1.165, 1.54) is 7.11 Å². The summed E-state index contributed by atoms with van der Waals surface area (Å²) in [5.74, 6) is 0. The largest absolute Gasteiger partial charge is 0.387 e. The molecule has 23 heavy (non-hydrogen) atoms. The predicted octanol–water partition coefficient (Wildman–Crippen LogP) is 1.40. The molecule has 0 aliphatic carbocycles. The van der Waals surface area contributed by atoms with E-state index in [-0.39, 0.29) is 0 Å². The van der Waals surface area contributed by atoms with Crippen LogP contribution in [0.2, 0.25) is 0 Å². The second-order valence-corrected chi connectivity index (χ2v) is 5.53. The molecule has 1 aromatic carbocycles. The van der Waals surface area contributed by atoms with E-state index in [0.29, 0.717) is 13.2 Å². The number of hydrogen-bond acceptors (Lipinski definition) is 6. The van der Waals surface area contributed by atoms with Gasteiger partial charge in [-0.2, -0.15) is 0 Å². The molecule has 2 heterocycles. The predicted molar refractivity (Wildman–Crippen MR) is 81.6 cm³/mol. The zero-order valence-corrected chi connectivity index (χ0v) is 13.0. The van der Waals surface area contributed by atoms with E-state index >= 15 is 0 Å². The summed E-state index contributed by atoms with van der Waals surface area (Å²) < 4.78 is 28.3. The maximum Gasteiger partial charge on any atom is 0.186 e. The van der Waals surface area contributed by atoms with Gasteiger partial charge in [-0.25, -0.2) is 0 Å². The summed E-state index contributed by atoms with van der Waals surface area (Å²) in [7, 11) is 1.51. The molecule has 2 aliphatic heterocycles. The molecule has 6 atom stereocenters. The maximum atomic E-state index is 10.7. The number of fused-ring (bicyclic) bond motifs is 1. The number of rotatable bonds is 5. The molecular weight excluding hydrogens is 300 g/mol. The first-order valence-corrected chi connectivity index (χ1v) is 7.65. The van der Waals surface area contributed by atoms with Gasteiger partial charge >= 0.3 is 0 Å². The van der Waals surface area contributed by atoms with E-state index in [4.69, 9.17) is 23.7 Å². The van der Waals surface area contributed by atoms with E-state index in [0.717, 1.165) is 5.56 Å². The van der Waals surface area contributed by atoms with Gasteiger partial charge in [-0.1, -0.05) is 36.4 Å². The molecule has 0 amide bonds. The second kappa shape index (κ2) is 7.53. The Morgan fingerprint density at radius 1 is 1.30 bits per heavy atom. The van der Waals surface area contributed by atoms with Crippen LogP contribution in [0.25, 0.3) is 0 Å². The Kier molecular flexibility index (Phi) is 5.42. The molecule has 1 N–H and O–H groups in total. The quantitative estimate of drug-likeness (QED) is 0.827. The maximum absolute atomic E-state index is 10.7. The number of aliphatic hydroxyl groups is 1. The van der Waals surface area contributed by atoms with Gasteiger partial charge in [0.1, 0.15) is 24.4 Å². The lowest BCUT2D eigenvalue weighted by Crippen LogP contribution is -2.62. The van der Waals surface area contributed by atoms with E-state index in [1.807, 2.05) is 30.3 Å². The van der Waals surface area contributed by atoms with Gasteiger partial charge in [-0.05, 0) is 0 Å². The molecule has 2 saturated heterocycles. The monoisotopic (exact) mass is 322 g/mol. The minimum atomic E-state index is -0.881. The fraction of sp³-hybridized carbons (Fsp3) is 0.529. The van der Waals surface area contributed by atoms with Crippen LogP contribution >= 0.6 is 0 Å². The zero-order chi connectivity index (χ0) is 16.2. The molecule has 6 nitrogen and oxygen atoms in total. The summed E-state index contributed by atoms with van der Waals surface area (Å²) >= 11 is 0. The molecule has 2 fully saturated rings. The van der Waals surface area contributed by atoms with Gasteiger partial charge in [0.2, 0.25) is 0 Å². The lowest BCUT2D eigenvalue weighted by atomic mass is 9.97. The van der Waals surface area contributed by atoms with Crippen LogP contribution in [-0.2, 0) is 23.7 Å². The van der Waals surface area contributed by atoms with Gasteiger partial charge in [-0.3, -0.25) is 0 Å². The van der Waals surface area contributed by atoms with E-state index in [9.17, 15) is 5.11 Å². The van der Waals surface area contributed by atoms with Crippen LogP contribution in [0.15, 0.2) is 43.0 Å². The van der Waals surface area contributed by atoms with E-state index in [1.54, 1.807) is 6.08 Å². The van der Waals surface area contributed by atoms with E-state index < -0.39 is 37.0 Å². The molecule has 0 spiro atoms. The average Bonchev–Trinajstić information content (AvgIpc) is 2.61. The van der Waals surface area contributed by atoms with Crippen LogP contribution < -0.4 is 0 Å². The van der Waals surface area contributed by atoms with Gasteiger partial charge in [-0.15, -0.1) is 6.58 Å². The number of methoxy groups -OCH3 is 1. The van der Waals surface area contributed by atoms with Crippen molar-refractivity contribution in [2.45, 2.75) is 37.0 Å². The lowest BCUT2D eigenvalue weighted by molar-refractivity contribution is -0.361. The highest BCUT2D eigenvalue weighted by Gasteiger charge is 2.50. The van der Waals surface area contributed by atoms with Gasteiger partial charge in [0, 0.05) is 12.7 Å². The third-order valence-corrected chi connectivity index (χ3v) is 4.02. The molecule has 0 unspecified atom stereocenters. The molecular formula is C17H22O6. The molecule has 0 aromatic heterocycles. The van der Waals surface area contributed by atoms with Crippen molar-refractivity contribution >= 4 is 0 Å². The standard InChI is InChI=1S/C17H22O6/c1-3-9-20-15-13(18)14-12(22-17(15)19-2)10-21-16(23-14)11-7-5-4-6-8-11/h3-8,12-18H,1,9-10H2,2H3/t12-,13-,14-,15-,16+,17+/m0/s1. The van der Waals surface area contributed by atoms with Crippen molar-refractivity contribution in [3.05, 3.63) is 48.6 Å². The minimum Gasteiger partial charge on any atom is -0.387 e. The van der Waals surface area contributed by atoms with Crippen molar-refractivity contribution in [1.82, 2.24) is 0 Å². The molecule has 1 aromatic rings. The molecule has 3 rings (SSSR count). The highest BCUT2D eigenvalue weighted by Crippen LogP contribution is 2.35. The molecule has 6 heteroatoms. The van der Waals surface area contributed by atoms with Gasteiger partial charge in [0.25, 0.3) is 0 Å². The first-order valence-electron chi connectivity index (χ1n) is 7.65. The molecule has 0 radical (unpaired) electrons. The van der Waals surface area contributed by atoms with Crippen LogP contribution in [0.5, 0.6) is 0 Å². The van der Waals surface area contributed by atoms with Crippen molar-refractivity contribution in [1.29, 1.82) is 0 Å². The summed E-state index contributed by atoms with van der Waals surface area (Å²) in [5.41, 5.74) is 0.899. The number of hydrogen-bond donors (Lipinski definition) is 1. The first kappa shape index (κ1) is 16.6. The highest BCUT2D eigenvalue weighted by molar-refractivity contribution is 5.16. The van der Waals surface area contributed by atoms with Gasteiger partial charge in [0.15, 0.2) is 12.6 Å². The number of aliphatic hydroxyl groups excluding tert-OH is 1. The van der Waals surface area contributed by atoms with Crippen molar-refractivity contribution in [3.8, 4) is 0 Å². The van der Waals surface area contributed by atoms with Crippen molar-refractivity contribution in [3.63, 3.8) is 0 Å². The average molecular weight is 322 g/mol.